The first-order valence-corrected chi connectivity index (χ1v) is 7.34. The first-order valence-electron chi connectivity index (χ1n) is 7.34. The number of halogens is 2. The molecule has 1 fully saturated rings. The molecule has 0 radical (unpaired) electrons. The van der Waals surface area contributed by atoms with E-state index in [1.807, 2.05) is 6.92 Å². The van der Waals surface area contributed by atoms with Crippen LogP contribution < -0.4 is 5.32 Å². The van der Waals surface area contributed by atoms with Gasteiger partial charge in [0.25, 0.3) is 0 Å². The Morgan fingerprint density at radius 2 is 2.19 bits per heavy atom. The molecule has 3 nitrogen and oxygen atoms in total. The molecule has 116 valence electrons. The van der Waals surface area contributed by atoms with Crippen molar-refractivity contribution in [3.8, 4) is 0 Å². The van der Waals surface area contributed by atoms with Crippen molar-refractivity contribution in [2.24, 2.45) is 5.41 Å². The highest BCUT2D eigenvalue weighted by Gasteiger charge is 2.42. The standard InChI is InChI=1S/C16H22F2N2O/c1-4-16(7-8-19-10-16)15(21)20(3)11(2)13-9-12(17)5-6-14(13)18/h5-6,9,11,19H,4,7-8,10H2,1-3H3. The van der Waals surface area contributed by atoms with Crippen LogP contribution in [0.15, 0.2) is 18.2 Å². The summed E-state index contributed by atoms with van der Waals surface area (Å²) >= 11 is 0. The van der Waals surface area contributed by atoms with E-state index in [1.54, 1.807) is 14.0 Å². The van der Waals surface area contributed by atoms with Gasteiger partial charge in [0.2, 0.25) is 5.91 Å². The summed E-state index contributed by atoms with van der Waals surface area (Å²) in [5.41, 5.74) is -0.213. The second kappa shape index (κ2) is 6.10. The van der Waals surface area contributed by atoms with Gasteiger partial charge in [0.15, 0.2) is 0 Å². The molecule has 1 N–H and O–H groups in total. The molecule has 1 heterocycles. The Balaban J connectivity index is 2.24. The minimum absolute atomic E-state index is 0.00818. The second-order valence-corrected chi connectivity index (χ2v) is 5.82. The molecule has 0 spiro atoms. The second-order valence-electron chi connectivity index (χ2n) is 5.82. The Labute approximate surface area is 124 Å². The Morgan fingerprint density at radius 1 is 1.48 bits per heavy atom. The maximum absolute atomic E-state index is 13.9. The molecule has 1 aliphatic rings. The predicted octanol–water partition coefficient (Wildman–Crippen LogP) is 2.87. The van der Waals surface area contributed by atoms with E-state index in [0.717, 1.165) is 37.6 Å². The number of nitrogens with zero attached hydrogens (tertiary/aromatic N) is 1. The summed E-state index contributed by atoms with van der Waals surface area (Å²) in [6.45, 7) is 5.18. The molecule has 0 aromatic heterocycles. The largest absolute Gasteiger partial charge is 0.338 e. The molecule has 1 aromatic rings. The maximum Gasteiger partial charge on any atom is 0.230 e. The number of carbonyl (C=O) groups is 1. The van der Waals surface area contributed by atoms with Gasteiger partial charge in [-0.15, -0.1) is 0 Å². The molecular weight excluding hydrogens is 274 g/mol. The van der Waals surface area contributed by atoms with Crippen LogP contribution in [-0.4, -0.2) is 30.9 Å². The van der Waals surface area contributed by atoms with Crippen molar-refractivity contribution in [3.63, 3.8) is 0 Å². The highest BCUT2D eigenvalue weighted by molar-refractivity contribution is 5.83. The predicted molar refractivity (Wildman–Crippen MR) is 77.8 cm³/mol. The molecule has 1 amide bonds. The van der Waals surface area contributed by atoms with Crippen molar-refractivity contribution >= 4 is 5.91 Å². The van der Waals surface area contributed by atoms with Crippen molar-refractivity contribution in [2.45, 2.75) is 32.7 Å². The lowest BCUT2D eigenvalue weighted by Crippen LogP contribution is -2.44. The first kappa shape index (κ1) is 15.9. The van der Waals surface area contributed by atoms with Crippen LogP contribution in [0.1, 0.15) is 38.3 Å². The molecule has 0 saturated carbocycles. The van der Waals surface area contributed by atoms with E-state index in [0.29, 0.717) is 6.54 Å². The van der Waals surface area contributed by atoms with E-state index in [2.05, 4.69) is 5.32 Å². The van der Waals surface area contributed by atoms with Crippen molar-refractivity contribution in [1.82, 2.24) is 10.2 Å². The number of amides is 1. The molecular formula is C16H22F2N2O. The fourth-order valence-corrected chi connectivity index (χ4v) is 2.97. The lowest BCUT2D eigenvalue weighted by Gasteiger charge is -2.34. The van der Waals surface area contributed by atoms with Crippen molar-refractivity contribution in [3.05, 3.63) is 35.4 Å². The van der Waals surface area contributed by atoms with Crippen LogP contribution in [0, 0.1) is 17.0 Å². The van der Waals surface area contributed by atoms with Gasteiger partial charge in [0.1, 0.15) is 11.6 Å². The Hall–Kier alpha value is -1.49. The van der Waals surface area contributed by atoms with Crippen LogP contribution in [0.2, 0.25) is 0 Å². The lowest BCUT2D eigenvalue weighted by molar-refractivity contribution is -0.142. The number of nitrogens with one attached hydrogen (secondary N) is 1. The van der Waals surface area contributed by atoms with Gasteiger partial charge in [-0.2, -0.15) is 0 Å². The third-order valence-corrected chi connectivity index (χ3v) is 4.68. The third-order valence-electron chi connectivity index (χ3n) is 4.68. The van der Waals surface area contributed by atoms with E-state index < -0.39 is 23.1 Å². The molecule has 5 heteroatoms. The molecule has 0 bridgehead atoms. The van der Waals surface area contributed by atoms with E-state index >= 15 is 0 Å². The van der Waals surface area contributed by atoms with Crippen molar-refractivity contribution in [1.29, 1.82) is 0 Å². The molecule has 21 heavy (non-hydrogen) atoms. The van der Waals surface area contributed by atoms with Gasteiger partial charge in [0.05, 0.1) is 11.5 Å². The Kier molecular flexibility index (Phi) is 4.61. The molecule has 1 aliphatic heterocycles. The Bertz CT molecular complexity index is 527. The van der Waals surface area contributed by atoms with Crippen LogP contribution in [0.3, 0.4) is 0 Å². The van der Waals surface area contributed by atoms with E-state index in [9.17, 15) is 13.6 Å². The molecule has 1 aromatic carbocycles. The summed E-state index contributed by atoms with van der Waals surface area (Å²) < 4.78 is 27.2. The molecule has 2 unspecified atom stereocenters. The normalized spacial score (nSPS) is 23.1. The van der Waals surface area contributed by atoms with Gasteiger partial charge in [-0.25, -0.2) is 8.78 Å². The average Bonchev–Trinajstić information content (AvgIpc) is 2.97. The Morgan fingerprint density at radius 3 is 2.76 bits per heavy atom. The van der Waals surface area contributed by atoms with E-state index in [4.69, 9.17) is 0 Å². The van der Waals surface area contributed by atoms with Gasteiger partial charge >= 0.3 is 0 Å². The SMILES string of the molecule is CCC1(C(=O)N(C)C(C)c2cc(F)ccc2F)CCNC1. The quantitative estimate of drug-likeness (QED) is 0.926. The monoisotopic (exact) mass is 296 g/mol. The summed E-state index contributed by atoms with van der Waals surface area (Å²) in [5, 5.41) is 3.22. The van der Waals surface area contributed by atoms with Crippen LogP contribution in [0.4, 0.5) is 8.78 Å². The maximum atomic E-state index is 13.9. The minimum Gasteiger partial charge on any atom is -0.338 e. The first-order chi connectivity index (χ1) is 9.91. The van der Waals surface area contributed by atoms with E-state index in [-0.39, 0.29) is 11.5 Å². The zero-order valence-electron chi connectivity index (χ0n) is 12.7. The van der Waals surface area contributed by atoms with E-state index in [1.165, 1.54) is 4.90 Å². The number of carbonyl (C=O) groups excluding carboxylic acids is 1. The van der Waals surface area contributed by atoms with Crippen LogP contribution in [0.5, 0.6) is 0 Å². The molecule has 2 atom stereocenters. The topological polar surface area (TPSA) is 32.3 Å². The summed E-state index contributed by atoms with van der Waals surface area (Å²) in [7, 11) is 1.66. The van der Waals surface area contributed by atoms with Gasteiger partial charge in [-0.1, -0.05) is 6.92 Å². The highest BCUT2D eigenvalue weighted by atomic mass is 19.1. The summed E-state index contributed by atoms with van der Waals surface area (Å²) in [6.07, 6.45) is 1.52. The van der Waals surface area contributed by atoms with Crippen LogP contribution >= 0.6 is 0 Å². The number of hydrogen-bond donors (Lipinski definition) is 1. The third kappa shape index (κ3) is 2.93. The average molecular weight is 296 g/mol. The lowest BCUT2D eigenvalue weighted by atomic mass is 9.82. The van der Waals surface area contributed by atoms with Crippen LogP contribution in [-0.2, 0) is 4.79 Å². The molecule has 1 saturated heterocycles. The summed E-state index contributed by atoms with van der Waals surface area (Å²) in [6, 6.07) is 2.85. The van der Waals surface area contributed by atoms with Gasteiger partial charge in [-0.05, 0) is 44.5 Å². The number of benzene rings is 1. The smallest absolute Gasteiger partial charge is 0.230 e. The summed E-state index contributed by atoms with van der Waals surface area (Å²) in [5.74, 6) is -0.989. The van der Waals surface area contributed by atoms with Gasteiger partial charge in [-0.3, -0.25) is 4.79 Å². The van der Waals surface area contributed by atoms with Crippen molar-refractivity contribution < 1.29 is 13.6 Å². The highest BCUT2D eigenvalue weighted by Crippen LogP contribution is 2.34. The minimum atomic E-state index is -0.503. The van der Waals surface area contributed by atoms with Crippen LogP contribution in [0.25, 0.3) is 0 Å². The van der Waals surface area contributed by atoms with Crippen molar-refractivity contribution in [2.75, 3.05) is 20.1 Å². The molecule has 2 rings (SSSR count). The summed E-state index contributed by atoms with van der Waals surface area (Å²) in [4.78, 5) is 14.3. The zero-order valence-corrected chi connectivity index (χ0v) is 12.7. The number of hydrogen-bond acceptors (Lipinski definition) is 2. The number of rotatable bonds is 4. The fourth-order valence-electron chi connectivity index (χ4n) is 2.97. The molecule has 0 aliphatic carbocycles. The van der Waals surface area contributed by atoms with Gasteiger partial charge in [0, 0.05) is 19.2 Å². The fraction of sp³-hybridized carbons (Fsp3) is 0.562. The van der Waals surface area contributed by atoms with Gasteiger partial charge < -0.3 is 10.2 Å². The zero-order chi connectivity index (χ0) is 15.6.